The average molecular weight is 287 g/mol. The van der Waals surface area contributed by atoms with Crippen LogP contribution in [0.2, 0.25) is 0 Å². The Labute approximate surface area is 122 Å². The van der Waals surface area contributed by atoms with E-state index in [-0.39, 0.29) is 11.6 Å². The second-order valence-electron chi connectivity index (χ2n) is 4.66. The van der Waals surface area contributed by atoms with Gasteiger partial charge in [0.05, 0.1) is 4.92 Å². The minimum atomic E-state index is -0.501. The number of anilines is 1. The monoisotopic (exact) mass is 287 g/mol. The highest BCUT2D eigenvalue weighted by Crippen LogP contribution is 2.31. The van der Waals surface area contributed by atoms with Gasteiger partial charge in [0.2, 0.25) is 0 Å². The molecule has 110 valence electrons. The van der Waals surface area contributed by atoms with Crippen molar-refractivity contribution < 1.29 is 9.66 Å². The van der Waals surface area contributed by atoms with Crippen molar-refractivity contribution in [2.24, 2.45) is 0 Å². The molecule has 21 heavy (non-hydrogen) atoms. The highest BCUT2D eigenvalue weighted by atomic mass is 16.6. The molecule has 6 heteroatoms. The molecule has 0 fully saturated rings. The molecular weight excluding hydrogens is 270 g/mol. The van der Waals surface area contributed by atoms with Crippen molar-refractivity contribution in [2.75, 3.05) is 11.9 Å². The van der Waals surface area contributed by atoms with Crippen molar-refractivity contribution >= 4 is 11.5 Å². The Balaban J connectivity index is 2.37. The lowest BCUT2D eigenvalue weighted by Crippen LogP contribution is -2.02. The van der Waals surface area contributed by atoms with Gasteiger partial charge in [-0.1, -0.05) is 6.07 Å². The van der Waals surface area contributed by atoms with Crippen molar-refractivity contribution in [3.8, 4) is 11.6 Å². The molecule has 1 N–H and O–H groups in total. The molecule has 0 spiro atoms. The normalized spacial score (nSPS) is 10.2. The van der Waals surface area contributed by atoms with Gasteiger partial charge < -0.3 is 10.1 Å². The molecule has 6 nitrogen and oxygen atoms in total. The van der Waals surface area contributed by atoms with Crippen molar-refractivity contribution in [2.45, 2.75) is 20.8 Å². The maximum absolute atomic E-state index is 11.1. The second-order valence-corrected chi connectivity index (χ2v) is 4.66. The Morgan fingerprint density at radius 2 is 2.00 bits per heavy atom. The van der Waals surface area contributed by atoms with Gasteiger partial charge in [-0.05, 0) is 50.1 Å². The summed E-state index contributed by atoms with van der Waals surface area (Å²) in [5, 5.41) is 14.1. The highest BCUT2D eigenvalue weighted by molar-refractivity contribution is 5.50. The fraction of sp³-hybridized carbons (Fsp3) is 0.267. The van der Waals surface area contributed by atoms with Crippen LogP contribution < -0.4 is 10.1 Å². The SMILES string of the molecule is CCNc1ccc([N+](=O)[O-])c(Oc2ccc(C)c(C)c2)n1. The van der Waals surface area contributed by atoms with Gasteiger partial charge in [0, 0.05) is 12.6 Å². The summed E-state index contributed by atoms with van der Waals surface area (Å²) in [5.41, 5.74) is 2.03. The molecule has 0 saturated carbocycles. The number of aryl methyl sites for hydroxylation is 2. The Hall–Kier alpha value is -2.63. The molecule has 0 amide bonds. The molecule has 1 aromatic carbocycles. The zero-order valence-corrected chi connectivity index (χ0v) is 12.2. The van der Waals surface area contributed by atoms with Crippen molar-refractivity contribution in [1.82, 2.24) is 4.98 Å². The van der Waals surface area contributed by atoms with Crippen LogP contribution in [0, 0.1) is 24.0 Å². The third-order valence-electron chi connectivity index (χ3n) is 3.09. The number of rotatable bonds is 5. The molecule has 0 bridgehead atoms. The molecule has 0 unspecified atom stereocenters. The number of nitrogens with one attached hydrogen (secondary N) is 1. The Morgan fingerprint density at radius 3 is 2.62 bits per heavy atom. The van der Waals surface area contributed by atoms with Crippen LogP contribution in [-0.4, -0.2) is 16.5 Å². The predicted octanol–water partition coefficient (Wildman–Crippen LogP) is 3.83. The number of nitro groups is 1. The molecular formula is C15H17N3O3. The summed E-state index contributed by atoms with van der Waals surface area (Å²) in [5.74, 6) is 1.06. The Kier molecular flexibility index (Phi) is 4.37. The molecule has 0 aliphatic heterocycles. The van der Waals surface area contributed by atoms with E-state index in [1.807, 2.05) is 32.9 Å². The summed E-state index contributed by atoms with van der Waals surface area (Å²) in [6.07, 6.45) is 0. The molecule has 1 heterocycles. The lowest BCUT2D eigenvalue weighted by molar-refractivity contribution is -0.386. The molecule has 1 aromatic heterocycles. The summed E-state index contributed by atoms with van der Waals surface area (Å²) >= 11 is 0. The third-order valence-corrected chi connectivity index (χ3v) is 3.09. The van der Waals surface area contributed by atoms with Crippen molar-refractivity contribution in [3.63, 3.8) is 0 Å². The zero-order chi connectivity index (χ0) is 15.4. The summed E-state index contributed by atoms with van der Waals surface area (Å²) in [7, 11) is 0. The maximum atomic E-state index is 11.1. The number of aromatic nitrogens is 1. The Morgan fingerprint density at radius 1 is 1.24 bits per heavy atom. The highest BCUT2D eigenvalue weighted by Gasteiger charge is 2.18. The van der Waals surface area contributed by atoms with E-state index in [0.29, 0.717) is 18.1 Å². The van der Waals surface area contributed by atoms with Gasteiger partial charge in [-0.2, -0.15) is 4.98 Å². The van der Waals surface area contributed by atoms with Gasteiger partial charge >= 0.3 is 11.6 Å². The van der Waals surface area contributed by atoms with Gasteiger partial charge in [0.25, 0.3) is 0 Å². The van der Waals surface area contributed by atoms with Crippen LogP contribution in [0.1, 0.15) is 18.1 Å². The summed E-state index contributed by atoms with van der Waals surface area (Å²) in [6.45, 7) is 6.55. The smallest absolute Gasteiger partial charge is 0.331 e. The van der Waals surface area contributed by atoms with Gasteiger partial charge in [-0.3, -0.25) is 10.1 Å². The van der Waals surface area contributed by atoms with E-state index in [2.05, 4.69) is 10.3 Å². The first-order valence-corrected chi connectivity index (χ1v) is 6.65. The predicted molar refractivity (Wildman–Crippen MR) is 81.0 cm³/mol. The van der Waals surface area contributed by atoms with Crippen LogP contribution in [0.4, 0.5) is 11.5 Å². The number of hydrogen-bond donors (Lipinski definition) is 1. The van der Waals surface area contributed by atoms with E-state index in [4.69, 9.17) is 4.74 Å². The number of pyridine rings is 1. The quantitative estimate of drug-likeness (QED) is 0.668. The minimum Gasteiger partial charge on any atom is -0.434 e. The average Bonchev–Trinajstić information content (AvgIpc) is 2.43. The van der Waals surface area contributed by atoms with E-state index in [1.54, 1.807) is 12.1 Å². The third kappa shape index (κ3) is 3.47. The van der Waals surface area contributed by atoms with Crippen molar-refractivity contribution in [3.05, 3.63) is 51.6 Å². The van der Waals surface area contributed by atoms with Crippen LogP contribution in [0.5, 0.6) is 11.6 Å². The van der Waals surface area contributed by atoms with Gasteiger partial charge in [-0.15, -0.1) is 0 Å². The minimum absolute atomic E-state index is 0.0123. The van der Waals surface area contributed by atoms with Crippen LogP contribution in [-0.2, 0) is 0 Å². The first-order chi connectivity index (χ1) is 10.0. The van der Waals surface area contributed by atoms with Gasteiger partial charge in [-0.25, -0.2) is 0 Å². The van der Waals surface area contributed by atoms with E-state index in [0.717, 1.165) is 11.1 Å². The summed E-state index contributed by atoms with van der Waals surface area (Å²) in [4.78, 5) is 14.7. The molecule has 0 aliphatic carbocycles. The molecule has 0 aliphatic rings. The van der Waals surface area contributed by atoms with Crippen LogP contribution >= 0.6 is 0 Å². The first kappa shape index (κ1) is 14.8. The van der Waals surface area contributed by atoms with E-state index < -0.39 is 4.92 Å². The Bertz CT molecular complexity index is 671. The number of hydrogen-bond acceptors (Lipinski definition) is 5. The molecule has 0 atom stereocenters. The summed E-state index contributed by atoms with van der Waals surface area (Å²) in [6, 6.07) is 8.47. The van der Waals surface area contributed by atoms with Gasteiger partial charge in [0.1, 0.15) is 11.6 Å². The topological polar surface area (TPSA) is 77.3 Å². The standard InChI is InChI=1S/C15H17N3O3/c1-4-16-14-8-7-13(18(19)20)15(17-14)21-12-6-5-10(2)11(3)9-12/h5-9H,4H2,1-3H3,(H,16,17). The molecule has 2 rings (SSSR count). The largest absolute Gasteiger partial charge is 0.434 e. The molecule has 0 radical (unpaired) electrons. The fourth-order valence-electron chi connectivity index (χ4n) is 1.82. The van der Waals surface area contributed by atoms with Crippen LogP contribution in [0.3, 0.4) is 0 Å². The maximum Gasteiger partial charge on any atom is 0.331 e. The van der Waals surface area contributed by atoms with E-state index in [9.17, 15) is 10.1 Å². The summed E-state index contributed by atoms with van der Waals surface area (Å²) < 4.78 is 5.60. The number of nitrogens with zero attached hydrogens (tertiary/aromatic N) is 2. The van der Waals surface area contributed by atoms with Crippen LogP contribution in [0.15, 0.2) is 30.3 Å². The lowest BCUT2D eigenvalue weighted by atomic mass is 10.1. The number of benzene rings is 1. The number of ether oxygens (including phenoxy) is 1. The van der Waals surface area contributed by atoms with Crippen molar-refractivity contribution in [1.29, 1.82) is 0 Å². The second kappa shape index (κ2) is 6.21. The van der Waals surface area contributed by atoms with Crippen LogP contribution in [0.25, 0.3) is 0 Å². The first-order valence-electron chi connectivity index (χ1n) is 6.65. The van der Waals surface area contributed by atoms with E-state index >= 15 is 0 Å². The molecule has 2 aromatic rings. The van der Waals surface area contributed by atoms with E-state index in [1.165, 1.54) is 6.07 Å². The van der Waals surface area contributed by atoms with Gasteiger partial charge in [0.15, 0.2) is 0 Å². The zero-order valence-electron chi connectivity index (χ0n) is 12.2. The fourth-order valence-corrected chi connectivity index (χ4v) is 1.82. The lowest BCUT2D eigenvalue weighted by Gasteiger charge is -2.09. The molecule has 0 saturated heterocycles.